The van der Waals surface area contributed by atoms with E-state index >= 15 is 0 Å². The van der Waals surface area contributed by atoms with Crippen LogP contribution in [0, 0.1) is 0 Å². The molecule has 0 aliphatic carbocycles. The van der Waals surface area contributed by atoms with E-state index in [1.54, 1.807) is 17.1 Å². The van der Waals surface area contributed by atoms with Crippen LogP contribution in [-0.2, 0) is 6.54 Å². The lowest BCUT2D eigenvalue weighted by Crippen LogP contribution is -2.20. The van der Waals surface area contributed by atoms with Gasteiger partial charge in [0, 0.05) is 25.1 Å². The van der Waals surface area contributed by atoms with Crippen molar-refractivity contribution in [2.75, 3.05) is 0 Å². The van der Waals surface area contributed by atoms with Crippen LogP contribution in [0.25, 0.3) is 5.82 Å². The Balaban J connectivity index is 0.00000112. The average Bonchev–Trinajstić information content (AvgIpc) is 2.72. The summed E-state index contributed by atoms with van der Waals surface area (Å²) in [6.45, 7) is 0.617. The molecule has 0 aliphatic rings. The summed E-state index contributed by atoms with van der Waals surface area (Å²) in [5.41, 5.74) is 3.62. The predicted molar refractivity (Wildman–Crippen MR) is 56.0 cm³/mol. The van der Waals surface area contributed by atoms with Crippen LogP contribution in [-0.4, -0.2) is 20.2 Å². The van der Waals surface area contributed by atoms with E-state index in [4.69, 9.17) is 5.84 Å². The summed E-state index contributed by atoms with van der Waals surface area (Å²) < 4.78 is 1.71. The van der Waals surface area contributed by atoms with Gasteiger partial charge in [0.2, 0.25) is 0 Å². The third-order valence-electron chi connectivity index (χ3n) is 1.85. The van der Waals surface area contributed by atoms with Crippen molar-refractivity contribution in [3.05, 3.63) is 42.4 Å². The summed E-state index contributed by atoms with van der Waals surface area (Å²) in [5, 5.41) is 4.08. The van der Waals surface area contributed by atoms with Gasteiger partial charge in [0.1, 0.15) is 0 Å². The number of nitrogens with zero attached hydrogens (tertiary/aromatic N) is 3. The maximum absolute atomic E-state index is 5.20. The summed E-state index contributed by atoms with van der Waals surface area (Å²) in [6, 6.07) is 5.72. The molecule has 2 aromatic heterocycles. The first-order valence-electron chi connectivity index (χ1n) is 4.28. The lowest BCUT2D eigenvalue weighted by atomic mass is 10.3. The lowest BCUT2D eigenvalue weighted by Gasteiger charge is -2.02. The predicted octanol–water partition coefficient (Wildman–Crippen LogP) is -0.594. The quantitative estimate of drug-likeness (QED) is 0.518. The average molecular weight is 207 g/mol. The van der Waals surface area contributed by atoms with Crippen molar-refractivity contribution in [3.63, 3.8) is 0 Å². The van der Waals surface area contributed by atoms with Crippen molar-refractivity contribution in [3.8, 4) is 5.82 Å². The van der Waals surface area contributed by atoms with E-state index in [1.807, 2.05) is 24.4 Å². The summed E-state index contributed by atoms with van der Waals surface area (Å²) in [5.74, 6) is 6.00. The fourth-order valence-corrected chi connectivity index (χ4v) is 1.18. The molecule has 80 valence electrons. The third-order valence-corrected chi connectivity index (χ3v) is 1.85. The largest absolute Gasteiger partial charge is 0.412 e. The Morgan fingerprint density at radius 1 is 1.40 bits per heavy atom. The van der Waals surface area contributed by atoms with Crippen molar-refractivity contribution in [2.24, 2.45) is 5.84 Å². The number of nitrogens with one attached hydrogen (secondary N) is 1. The minimum atomic E-state index is 0. The SMILES string of the molecule is NNCc1ccc(-n2cccn2)nc1.O. The number of nitrogens with two attached hydrogens (primary N) is 1. The van der Waals surface area contributed by atoms with Gasteiger partial charge in [0.05, 0.1) is 0 Å². The molecule has 6 nitrogen and oxygen atoms in total. The lowest BCUT2D eigenvalue weighted by molar-refractivity contribution is 0.736. The molecular formula is C9H13N5O. The zero-order valence-electron chi connectivity index (χ0n) is 8.09. The molecule has 2 rings (SSSR count). The molecule has 0 radical (unpaired) electrons. The summed E-state index contributed by atoms with van der Waals surface area (Å²) in [6.07, 6.45) is 5.34. The van der Waals surface area contributed by atoms with Crippen molar-refractivity contribution < 1.29 is 5.48 Å². The Kier molecular flexibility index (Phi) is 3.92. The number of hydrogen-bond donors (Lipinski definition) is 2. The zero-order valence-corrected chi connectivity index (χ0v) is 8.09. The van der Waals surface area contributed by atoms with E-state index < -0.39 is 0 Å². The number of pyridine rings is 1. The van der Waals surface area contributed by atoms with Crippen molar-refractivity contribution in [1.29, 1.82) is 0 Å². The summed E-state index contributed by atoms with van der Waals surface area (Å²) in [7, 11) is 0. The van der Waals surface area contributed by atoms with Crippen LogP contribution < -0.4 is 11.3 Å². The monoisotopic (exact) mass is 207 g/mol. The fourth-order valence-electron chi connectivity index (χ4n) is 1.18. The van der Waals surface area contributed by atoms with Gasteiger partial charge in [0.25, 0.3) is 0 Å². The van der Waals surface area contributed by atoms with E-state index in [2.05, 4.69) is 15.5 Å². The zero-order chi connectivity index (χ0) is 9.80. The summed E-state index contributed by atoms with van der Waals surface area (Å²) >= 11 is 0. The van der Waals surface area contributed by atoms with Crippen LogP contribution in [0.15, 0.2) is 36.8 Å². The highest BCUT2D eigenvalue weighted by molar-refractivity contribution is 5.24. The van der Waals surface area contributed by atoms with Crippen molar-refractivity contribution >= 4 is 0 Å². The van der Waals surface area contributed by atoms with Crippen LogP contribution in [0.1, 0.15) is 5.56 Å². The number of aromatic nitrogens is 3. The standard InChI is InChI=1S/C9H11N5.H2O/c10-12-7-8-2-3-9(11-6-8)14-5-1-4-13-14;/h1-6,12H,7,10H2;1H2. The smallest absolute Gasteiger partial charge is 0.153 e. The Labute approximate surface area is 87.0 Å². The minimum absolute atomic E-state index is 0. The van der Waals surface area contributed by atoms with E-state index in [9.17, 15) is 0 Å². The molecule has 0 unspecified atom stereocenters. The van der Waals surface area contributed by atoms with Gasteiger partial charge in [0.15, 0.2) is 5.82 Å². The highest BCUT2D eigenvalue weighted by atomic mass is 16.0. The Morgan fingerprint density at radius 3 is 2.80 bits per heavy atom. The first-order valence-corrected chi connectivity index (χ1v) is 4.28. The third kappa shape index (κ3) is 2.59. The molecule has 5 N–H and O–H groups in total. The van der Waals surface area contributed by atoms with Gasteiger partial charge in [-0.05, 0) is 17.7 Å². The molecule has 0 aliphatic heterocycles. The van der Waals surface area contributed by atoms with Crippen LogP contribution >= 0.6 is 0 Å². The minimum Gasteiger partial charge on any atom is -0.412 e. The maximum atomic E-state index is 5.20. The van der Waals surface area contributed by atoms with Gasteiger partial charge in [-0.25, -0.2) is 9.67 Å². The highest BCUT2D eigenvalue weighted by Crippen LogP contribution is 2.03. The van der Waals surface area contributed by atoms with Crippen molar-refractivity contribution in [2.45, 2.75) is 6.54 Å². The molecule has 0 amide bonds. The van der Waals surface area contributed by atoms with Crippen LogP contribution in [0.3, 0.4) is 0 Å². The first-order chi connectivity index (χ1) is 6.90. The Morgan fingerprint density at radius 2 is 2.27 bits per heavy atom. The van der Waals surface area contributed by atoms with Crippen LogP contribution in [0.4, 0.5) is 0 Å². The van der Waals surface area contributed by atoms with Crippen molar-refractivity contribution in [1.82, 2.24) is 20.2 Å². The number of hydrogen-bond acceptors (Lipinski definition) is 4. The molecule has 0 aromatic carbocycles. The molecule has 6 heteroatoms. The van der Waals surface area contributed by atoms with Gasteiger partial charge in [-0.15, -0.1) is 0 Å². The van der Waals surface area contributed by atoms with E-state index in [0.29, 0.717) is 6.54 Å². The molecule has 2 heterocycles. The molecule has 0 bridgehead atoms. The van der Waals surface area contributed by atoms with Gasteiger partial charge in [-0.3, -0.25) is 11.3 Å². The van der Waals surface area contributed by atoms with Gasteiger partial charge in [-0.1, -0.05) is 6.07 Å². The molecule has 0 fully saturated rings. The number of rotatable bonds is 3. The van der Waals surface area contributed by atoms with Gasteiger partial charge >= 0.3 is 0 Å². The topological polar surface area (TPSA) is 100 Å². The fraction of sp³-hybridized carbons (Fsp3) is 0.111. The normalized spacial score (nSPS) is 9.67. The van der Waals surface area contributed by atoms with Gasteiger partial charge in [-0.2, -0.15) is 5.10 Å². The van der Waals surface area contributed by atoms with Gasteiger partial charge < -0.3 is 5.48 Å². The molecule has 0 spiro atoms. The summed E-state index contributed by atoms with van der Waals surface area (Å²) in [4.78, 5) is 4.24. The van der Waals surface area contributed by atoms with E-state index in [1.165, 1.54) is 0 Å². The first kappa shape index (κ1) is 11.3. The molecule has 0 atom stereocenters. The molecule has 15 heavy (non-hydrogen) atoms. The Bertz CT molecular complexity index is 383. The second-order valence-corrected chi connectivity index (χ2v) is 2.86. The number of hydrazine groups is 1. The molecule has 0 saturated carbocycles. The second kappa shape index (κ2) is 5.20. The maximum Gasteiger partial charge on any atom is 0.153 e. The van der Waals surface area contributed by atoms with Crippen LogP contribution in [0.2, 0.25) is 0 Å². The molecular weight excluding hydrogens is 194 g/mol. The second-order valence-electron chi connectivity index (χ2n) is 2.86. The van der Waals surface area contributed by atoms with E-state index in [-0.39, 0.29) is 5.48 Å². The van der Waals surface area contributed by atoms with E-state index in [0.717, 1.165) is 11.4 Å². The Hall–Kier alpha value is -1.76. The van der Waals surface area contributed by atoms with Crippen LogP contribution in [0.5, 0.6) is 0 Å². The molecule has 2 aromatic rings. The molecule has 0 saturated heterocycles. The highest BCUT2D eigenvalue weighted by Gasteiger charge is 1.97.